The molecule has 0 amide bonds. The van der Waals surface area contributed by atoms with Crippen LogP contribution < -0.4 is 5.73 Å². The zero-order valence-corrected chi connectivity index (χ0v) is 13.2. The van der Waals surface area contributed by atoms with Crippen molar-refractivity contribution in [2.24, 2.45) is 7.05 Å². The van der Waals surface area contributed by atoms with E-state index in [2.05, 4.69) is 25.3 Å². The van der Waals surface area contributed by atoms with Gasteiger partial charge in [-0.05, 0) is 6.26 Å². The number of rotatable bonds is 4. The van der Waals surface area contributed by atoms with Crippen molar-refractivity contribution in [2.45, 2.75) is 14.4 Å². The van der Waals surface area contributed by atoms with Gasteiger partial charge in [-0.1, -0.05) is 34.9 Å². The molecule has 0 aliphatic rings. The summed E-state index contributed by atoms with van der Waals surface area (Å²) in [6.07, 6.45) is 3.66. The van der Waals surface area contributed by atoms with Crippen molar-refractivity contribution in [2.75, 3.05) is 12.0 Å². The molecule has 0 fully saturated rings. The fraction of sp³-hybridized carbons (Fsp3) is 0.300. The Labute approximate surface area is 127 Å². The van der Waals surface area contributed by atoms with Crippen LogP contribution in [0.4, 0.5) is 5.82 Å². The van der Waals surface area contributed by atoms with Crippen molar-refractivity contribution in [1.82, 2.24) is 29.9 Å². The summed E-state index contributed by atoms with van der Waals surface area (Å²) in [5.74, 6) is 1.74. The van der Waals surface area contributed by atoms with Crippen molar-refractivity contribution < 1.29 is 0 Å². The molecule has 3 rings (SSSR count). The summed E-state index contributed by atoms with van der Waals surface area (Å²) in [6.45, 7) is 0. The molecule has 0 aliphatic carbocycles. The summed E-state index contributed by atoms with van der Waals surface area (Å²) in [5.41, 5.74) is 6.67. The number of aromatic nitrogens is 6. The predicted molar refractivity (Wildman–Crippen MR) is 82.0 cm³/mol. The molecule has 3 aromatic heterocycles. The molecule has 0 aliphatic heterocycles. The number of thioether (sulfide) groups is 2. The smallest absolute Gasteiger partial charge is 0.175 e. The first kappa shape index (κ1) is 13.6. The summed E-state index contributed by atoms with van der Waals surface area (Å²) >= 11 is 4.71. The van der Waals surface area contributed by atoms with E-state index in [4.69, 9.17) is 5.73 Å². The van der Waals surface area contributed by atoms with E-state index in [1.807, 2.05) is 13.3 Å². The Morgan fingerprint density at radius 1 is 1.30 bits per heavy atom. The summed E-state index contributed by atoms with van der Waals surface area (Å²) in [7, 11) is 1.83. The highest BCUT2D eigenvalue weighted by Crippen LogP contribution is 2.29. The Morgan fingerprint density at radius 2 is 2.10 bits per heavy atom. The highest BCUT2D eigenvalue weighted by Gasteiger charge is 2.11. The molecular formula is C10H11N7S3. The number of nitrogen functional groups attached to an aromatic ring is 1. The van der Waals surface area contributed by atoms with Gasteiger partial charge in [0.15, 0.2) is 14.3 Å². The van der Waals surface area contributed by atoms with Gasteiger partial charge in [-0.25, -0.2) is 9.97 Å². The van der Waals surface area contributed by atoms with Crippen LogP contribution >= 0.6 is 34.9 Å². The summed E-state index contributed by atoms with van der Waals surface area (Å²) in [5, 5.41) is 13.1. The molecule has 0 atom stereocenters. The molecule has 0 unspecified atom stereocenters. The lowest BCUT2D eigenvalue weighted by atomic mass is 10.4. The zero-order valence-electron chi connectivity index (χ0n) is 10.8. The summed E-state index contributed by atoms with van der Waals surface area (Å²) < 4.78 is 3.55. The summed E-state index contributed by atoms with van der Waals surface area (Å²) in [4.78, 5) is 8.78. The van der Waals surface area contributed by atoms with Crippen molar-refractivity contribution in [3.63, 3.8) is 0 Å². The van der Waals surface area contributed by atoms with E-state index in [-0.39, 0.29) is 0 Å². The molecule has 10 heteroatoms. The van der Waals surface area contributed by atoms with E-state index in [0.717, 1.165) is 19.7 Å². The lowest BCUT2D eigenvalue weighted by Gasteiger charge is -2.01. The molecule has 0 saturated carbocycles. The zero-order chi connectivity index (χ0) is 14.1. The third kappa shape index (κ3) is 2.58. The van der Waals surface area contributed by atoms with Crippen molar-refractivity contribution >= 4 is 51.7 Å². The Balaban J connectivity index is 1.81. The third-order valence-electron chi connectivity index (χ3n) is 2.56. The van der Waals surface area contributed by atoms with Gasteiger partial charge >= 0.3 is 0 Å². The predicted octanol–water partition coefficient (Wildman–Crippen LogP) is 1.81. The molecular weight excluding hydrogens is 314 g/mol. The van der Waals surface area contributed by atoms with Crippen LogP contribution in [0.1, 0.15) is 5.82 Å². The van der Waals surface area contributed by atoms with E-state index >= 15 is 0 Å². The second-order valence-corrected chi connectivity index (χ2v) is 7.11. The highest BCUT2D eigenvalue weighted by molar-refractivity contribution is 8.02. The van der Waals surface area contributed by atoms with Crippen molar-refractivity contribution in [3.05, 3.63) is 12.0 Å². The third-order valence-corrected chi connectivity index (χ3v) is 5.58. The van der Waals surface area contributed by atoms with Crippen LogP contribution in [0.2, 0.25) is 0 Å². The second-order valence-electron chi connectivity index (χ2n) is 3.86. The standard InChI is InChI=1S/C10H11N7S3/c1-17-8-5(3-12-17)7(11)13-6(14-8)4-19-10-16-15-9(18-2)20-10/h3H,4H2,1-2H3,(H2,11,13,14). The minimum Gasteiger partial charge on any atom is -0.383 e. The van der Waals surface area contributed by atoms with E-state index in [0.29, 0.717) is 17.4 Å². The highest BCUT2D eigenvalue weighted by atomic mass is 32.2. The van der Waals surface area contributed by atoms with Gasteiger partial charge in [0.2, 0.25) is 0 Å². The number of fused-ring (bicyclic) bond motifs is 1. The van der Waals surface area contributed by atoms with E-state index < -0.39 is 0 Å². The molecule has 0 radical (unpaired) electrons. The Bertz CT molecular complexity index is 750. The molecule has 0 spiro atoms. The minimum absolute atomic E-state index is 0.459. The largest absolute Gasteiger partial charge is 0.383 e. The first-order chi connectivity index (χ1) is 9.67. The van der Waals surface area contributed by atoms with E-state index in [1.54, 1.807) is 45.7 Å². The minimum atomic E-state index is 0.459. The fourth-order valence-electron chi connectivity index (χ4n) is 1.62. The number of nitrogens with zero attached hydrogens (tertiary/aromatic N) is 6. The number of nitrogens with two attached hydrogens (primary N) is 1. The van der Waals surface area contributed by atoms with Gasteiger partial charge in [0, 0.05) is 7.05 Å². The lowest BCUT2D eigenvalue weighted by Crippen LogP contribution is -2.01. The number of anilines is 1. The quantitative estimate of drug-likeness (QED) is 0.726. The van der Waals surface area contributed by atoms with Crippen LogP contribution in [0.5, 0.6) is 0 Å². The van der Waals surface area contributed by atoms with Gasteiger partial charge in [-0.3, -0.25) is 4.68 Å². The normalized spacial score (nSPS) is 11.3. The summed E-state index contributed by atoms with van der Waals surface area (Å²) in [6, 6.07) is 0. The SMILES string of the molecule is CSc1nnc(SCc2nc(N)c3cnn(C)c3n2)s1. The average Bonchev–Trinajstić information content (AvgIpc) is 3.04. The molecule has 7 nitrogen and oxygen atoms in total. The molecule has 3 heterocycles. The van der Waals surface area contributed by atoms with Gasteiger partial charge in [0.1, 0.15) is 11.6 Å². The van der Waals surface area contributed by atoms with Crippen LogP contribution in [0, 0.1) is 0 Å². The molecule has 2 N–H and O–H groups in total. The Kier molecular flexibility index (Phi) is 3.76. The lowest BCUT2D eigenvalue weighted by molar-refractivity contribution is 0.782. The molecule has 104 valence electrons. The first-order valence-electron chi connectivity index (χ1n) is 5.61. The monoisotopic (exact) mass is 325 g/mol. The molecule has 0 aromatic carbocycles. The van der Waals surface area contributed by atoms with Gasteiger partial charge in [-0.2, -0.15) is 5.10 Å². The number of aryl methyl sites for hydroxylation is 1. The molecule has 3 aromatic rings. The van der Waals surface area contributed by atoms with Gasteiger partial charge in [-0.15, -0.1) is 10.2 Å². The topological polar surface area (TPSA) is 95.4 Å². The van der Waals surface area contributed by atoms with E-state index in [1.165, 1.54) is 0 Å². The fourth-order valence-corrected chi connectivity index (χ4v) is 3.91. The maximum Gasteiger partial charge on any atom is 0.175 e. The van der Waals surface area contributed by atoms with Crippen LogP contribution in [-0.2, 0) is 12.8 Å². The van der Waals surface area contributed by atoms with Crippen LogP contribution in [0.15, 0.2) is 14.9 Å². The number of hydrogen-bond donors (Lipinski definition) is 1. The van der Waals surface area contributed by atoms with Crippen molar-refractivity contribution in [3.8, 4) is 0 Å². The Morgan fingerprint density at radius 3 is 2.85 bits per heavy atom. The number of hydrogen-bond acceptors (Lipinski definition) is 9. The van der Waals surface area contributed by atoms with Crippen LogP contribution in [0.25, 0.3) is 11.0 Å². The van der Waals surface area contributed by atoms with Crippen molar-refractivity contribution in [1.29, 1.82) is 0 Å². The van der Waals surface area contributed by atoms with Gasteiger partial charge < -0.3 is 5.73 Å². The van der Waals surface area contributed by atoms with Crippen LogP contribution in [-0.4, -0.2) is 36.2 Å². The molecule has 0 saturated heterocycles. The van der Waals surface area contributed by atoms with E-state index in [9.17, 15) is 0 Å². The maximum absolute atomic E-state index is 5.92. The van der Waals surface area contributed by atoms with Gasteiger partial charge in [0.25, 0.3) is 0 Å². The molecule has 20 heavy (non-hydrogen) atoms. The maximum atomic E-state index is 5.92. The second kappa shape index (κ2) is 5.54. The molecule has 0 bridgehead atoms. The Hall–Kier alpha value is -1.39. The van der Waals surface area contributed by atoms with Gasteiger partial charge in [0.05, 0.1) is 17.3 Å². The first-order valence-corrected chi connectivity index (χ1v) is 8.64. The average molecular weight is 325 g/mol. The van der Waals surface area contributed by atoms with Crippen LogP contribution in [0.3, 0.4) is 0 Å².